The summed E-state index contributed by atoms with van der Waals surface area (Å²) in [6.07, 6.45) is 1.52. The Morgan fingerprint density at radius 1 is 1.03 bits per heavy atom. The molecule has 0 radical (unpaired) electrons. The van der Waals surface area contributed by atoms with Crippen LogP contribution in [0.5, 0.6) is 5.88 Å². The fraction of sp³-hybridized carbons (Fsp3) is 0.364. The second-order valence-electron chi connectivity index (χ2n) is 7.29. The molecule has 3 amide bonds. The number of benzene rings is 1. The predicted molar refractivity (Wildman–Crippen MR) is 112 cm³/mol. The molecule has 1 saturated heterocycles. The number of nitrogens with zero attached hydrogens (tertiary/aromatic N) is 3. The quantitative estimate of drug-likeness (QED) is 0.640. The number of aromatic nitrogens is 1. The van der Waals surface area contributed by atoms with E-state index in [4.69, 9.17) is 9.47 Å². The smallest absolute Gasteiger partial charge is 0.261 e. The van der Waals surface area contributed by atoms with Gasteiger partial charge in [0.15, 0.2) is 0 Å². The van der Waals surface area contributed by atoms with Crippen molar-refractivity contribution in [2.24, 2.45) is 0 Å². The van der Waals surface area contributed by atoms with E-state index in [2.05, 4.69) is 15.2 Å². The third kappa shape index (κ3) is 5.07. The van der Waals surface area contributed by atoms with E-state index in [1.165, 1.54) is 6.20 Å². The number of nitrogens with one attached hydrogen (secondary N) is 1. The number of carbonyl (C=O) groups is 3. The number of hydrogen-bond acceptors (Lipinski definition) is 7. The largest absolute Gasteiger partial charge is 0.476 e. The van der Waals surface area contributed by atoms with E-state index in [0.717, 1.165) is 37.7 Å². The molecule has 0 saturated carbocycles. The van der Waals surface area contributed by atoms with Crippen LogP contribution < -0.4 is 10.1 Å². The van der Waals surface area contributed by atoms with E-state index < -0.39 is 0 Å². The van der Waals surface area contributed by atoms with Gasteiger partial charge in [0.1, 0.15) is 6.61 Å². The lowest BCUT2D eigenvalue weighted by molar-refractivity contribution is -0.116. The first-order chi connectivity index (χ1) is 15.1. The van der Waals surface area contributed by atoms with Crippen LogP contribution in [0.4, 0.5) is 5.69 Å². The molecule has 0 spiro atoms. The Balaban J connectivity index is 1.21. The number of rotatable bonds is 8. The number of hydrogen-bond donors (Lipinski definition) is 1. The van der Waals surface area contributed by atoms with Crippen LogP contribution in [0.1, 0.15) is 27.1 Å². The van der Waals surface area contributed by atoms with E-state index in [9.17, 15) is 14.4 Å². The molecule has 0 atom stereocenters. The molecule has 1 N–H and O–H groups in total. The summed E-state index contributed by atoms with van der Waals surface area (Å²) in [6.45, 7) is 4.67. The second kappa shape index (κ2) is 9.67. The first-order valence-electron chi connectivity index (χ1n) is 10.3. The Kier molecular flexibility index (Phi) is 6.54. The van der Waals surface area contributed by atoms with E-state index in [-0.39, 0.29) is 30.7 Å². The minimum Gasteiger partial charge on any atom is -0.476 e. The first-order valence-corrected chi connectivity index (χ1v) is 10.3. The molecule has 2 aromatic rings. The summed E-state index contributed by atoms with van der Waals surface area (Å²) in [7, 11) is 0. The van der Waals surface area contributed by atoms with Crippen molar-refractivity contribution in [1.29, 1.82) is 0 Å². The summed E-state index contributed by atoms with van der Waals surface area (Å²) in [5.74, 6) is -0.557. The third-order valence-corrected chi connectivity index (χ3v) is 5.22. The Morgan fingerprint density at radius 3 is 2.39 bits per heavy atom. The lowest BCUT2D eigenvalue weighted by atomic mass is 10.1. The first kappa shape index (κ1) is 21.0. The molecular weight excluding hydrogens is 400 g/mol. The van der Waals surface area contributed by atoms with E-state index in [1.807, 2.05) is 0 Å². The lowest BCUT2D eigenvalue weighted by Crippen LogP contribution is -2.38. The molecule has 1 aromatic heterocycles. The molecule has 9 nitrogen and oxygen atoms in total. The van der Waals surface area contributed by atoms with Gasteiger partial charge in [0.05, 0.1) is 36.2 Å². The van der Waals surface area contributed by atoms with Crippen LogP contribution in [-0.2, 0) is 9.53 Å². The number of ether oxygens (including phenoxy) is 2. The number of imide groups is 1. The van der Waals surface area contributed by atoms with Crippen LogP contribution in [0.3, 0.4) is 0 Å². The standard InChI is InChI=1S/C22H24N4O5/c27-19(7-8-26-21(28)17-3-1-2-4-18(17)22(26)29)24-16-5-6-20(23-15-16)31-14-11-25-9-12-30-13-10-25/h1-6,15H,7-14H2,(H,24,27). The number of amides is 3. The number of fused-ring (bicyclic) bond motifs is 1. The maximum atomic E-state index is 12.3. The minimum absolute atomic E-state index is 0.00324. The summed E-state index contributed by atoms with van der Waals surface area (Å²) in [6, 6.07) is 10.1. The van der Waals surface area contributed by atoms with Gasteiger partial charge in [-0.2, -0.15) is 0 Å². The zero-order chi connectivity index (χ0) is 21.6. The Morgan fingerprint density at radius 2 is 1.74 bits per heavy atom. The van der Waals surface area contributed by atoms with Crippen LogP contribution in [0.2, 0.25) is 0 Å². The van der Waals surface area contributed by atoms with Gasteiger partial charge in [0.2, 0.25) is 11.8 Å². The molecule has 1 aromatic carbocycles. The summed E-state index contributed by atoms with van der Waals surface area (Å²) < 4.78 is 11.0. The molecule has 0 unspecified atom stereocenters. The summed E-state index contributed by atoms with van der Waals surface area (Å²) in [5.41, 5.74) is 1.27. The van der Waals surface area contributed by atoms with Gasteiger partial charge in [-0.1, -0.05) is 12.1 Å². The van der Waals surface area contributed by atoms with Crippen molar-refractivity contribution in [2.75, 3.05) is 51.3 Å². The monoisotopic (exact) mass is 424 g/mol. The molecule has 0 bridgehead atoms. The SMILES string of the molecule is O=C(CCN1C(=O)c2ccccc2C1=O)Nc1ccc(OCCN2CCOCC2)nc1. The molecule has 9 heteroatoms. The molecule has 2 aliphatic rings. The zero-order valence-corrected chi connectivity index (χ0v) is 17.1. The van der Waals surface area contributed by atoms with Gasteiger partial charge in [0, 0.05) is 38.7 Å². The number of anilines is 1. The van der Waals surface area contributed by atoms with Crippen molar-refractivity contribution in [3.05, 3.63) is 53.7 Å². The average molecular weight is 424 g/mol. The van der Waals surface area contributed by atoms with Crippen LogP contribution in [0.15, 0.2) is 42.6 Å². The fourth-order valence-corrected chi connectivity index (χ4v) is 3.52. The highest BCUT2D eigenvalue weighted by Crippen LogP contribution is 2.22. The highest BCUT2D eigenvalue weighted by Gasteiger charge is 2.34. The van der Waals surface area contributed by atoms with Gasteiger partial charge in [-0.25, -0.2) is 4.98 Å². The van der Waals surface area contributed by atoms with E-state index in [1.54, 1.807) is 36.4 Å². The van der Waals surface area contributed by atoms with Crippen molar-refractivity contribution >= 4 is 23.4 Å². The zero-order valence-electron chi connectivity index (χ0n) is 17.1. The molecule has 2 aliphatic heterocycles. The molecule has 4 rings (SSSR count). The summed E-state index contributed by atoms with van der Waals surface area (Å²) in [4.78, 5) is 44.5. The van der Waals surface area contributed by atoms with Gasteiger partial charge < -0.3 is 14.8 Å². The Labute approximate surface area is 179 Å². The predicted octanol–water partition coefficient (Wildman–Crippen LogP) is 1.42. The van der Waals surface area contributed by atoms with Crippen LogP contribution in [0, 0.1) is 0 Å². The molecule has 1 fully saturated rings. The van der Waals surface area contributed by atoms with Gasteiger partial charge in [-0.3, -0.25) is 24.2 Å². The van der Waals surface area contributed by atoms with E-state index >= 15 is 0 Å². The van der Waals surface area contributed by atoms with Crippen LogP contribution in [-0.4, -0.2) is 78.5 Å². The van der Waals surface area contributed by atoms with Gasteiger partial charge in [-0.05, 0) is 18.2 Å². The van der Waals surface area contributed by atoms with Crippen molar-refractivity contribution in [3.8, 4) is 5.88 Å². The van der Waals surface area contributed by atoms with Crippen molar-refractivity contribution in [2.45, 2.75) is 6.42 Å². The maximum absolute atomic E-state index is 12.3. The lowest BCUT2D eigenvalue weighted by Gasteiger charge is -2.26. The third-order valence-electron chi connectivity index (χ3n) is 5.22. The Bertz CT molecular complexity index is 922. The topological polar surface area (TPSA) is 101 Å². The number of pyridine rings is 1. The molecule has 3 heterocycles. The highest BCUT2D eigenvalue weighted by molar-refractivity contribution is 6.21. The minimum atomic E-state index is -0.367. The van der Waals surface area contributed by atoms with E-state index in [0.29, 0.717) is 29.3 Å². The maximum Gasteiger partial charge on any atom is 0.261 e. The van der Waals surface area contributed by atoms with Gasteiger partial charge in [0.25, 0.3) is 11.8 Å². The molecule has 31 heavy (non-hydrogen) atoms. The molecule has 162 valence electrons. The number of carbonyl (C=O) groups excluding carboxylic acids is 3. The molecule has 0 aliphatic carbocycles. The van der Waals surface area contributed by atoms with Crippen LogP contribution in [0.25, 0.3) is 0 Å². The van der Waals surface area contributed by atoms with Gasteiger partial charge in [-0.15, -0.1) is 0 Å². The average Bonchev–Trinajstić information content (AvgIpc) is 3.04. The normalized spacial score (nSPS) is 16.3. The van der Waals surface area contributed by atoms with Crippen molar-refractivity contribution in [1.82, 2.24) is 14.8 Å². The van der Waals surface area contributed by atoms with Gasteiger partial charge >= 0.3 is 0 Å². The number of morpholine rings is 1. The second-order valence-corrected chi connectivity index (χ2v) is 7.29. The summed E-state index contributed by atoms with van der Waals surface area (Å²) in [5, 5.41) is 2.72. The molecular formula is C22H24N4O5. The fourth-order valence-electron chi connectivity index (χ4n) is 3.52. The highest BCUT2D eigenvalue weighted by atomic mass is 16.5. The Hall–Kier alpha value is -3.30. The van der Waals surface area contributed by atoms with Crippen molar-refractivity contribution in [3.63, 3.8) is 0 Å². The van der Waals surface area contributed by atoms with Crippen molar-refractivity contribution < 1.29 is 23.9 Å². The van der Waals surface area contributed by atoms with Crippen LogP contribution >= 0.6 is 0 Å². The summed E-state index contributed by atoms with van der Waals surface area (Å²) >= 11 is 0.